The van der Waals surface area contributed by atoms with Crippen molar-refractivity contribution >= 4 is 17.7 Å². The van der Waals surface area contributed by atoms with Gasteiger partial charge in [0.05, 0.1) is 18.4 Å². The first-order chi connectivity index (χ1) is 11.6. The molecule has 0 unspecified atom stereocenters. The van der Waals surface area contributed by atoms with E-state index >= 15 is 0 Å². The van der Waals surface area contributed by atoms with Crippen molar-refractivity contribution in [2.75, 3.05) is 25.5 Å². The third kappa shape index (κ3) is 7.11. The monoisotopic (exact) mass is 353 g/mol. The number of rotatable bonds is 7. The number of carbonyl (C=O) groups is 2. The summed E-state index contributed by atoms with van der Waals surface area (Å²) >= 11 is 0. The summed E-state index contributed by atoms with van der Waals surface area (Å²) in [6.07, 6.45) is 2.96. The number of halogens is 1. The number of anilines is 1. The molecular formula is C17H24FN3O4. The van der Waals surface area contributed by atoms with Crippen LogP contribution in [-0.2, 0) is 4.74 Å². The van der Waals surface area contributed by atoms with E-state index in [-0.39, 0.29) is 5.56 Å². The van der Waals surface area contributed by atoms with Gasteiger partial charge in [0.1, 0.15) is 17.2 Å². The molecule has 0 aliphatic rings. The zero-order valence-electron chi connectivity index (χ0n) is 14.8. The lowest BCUT2D eigenvalue weighted by Crippen LogP contribution is -2.32. The van der Waals surface area contributed by atoms with Crippen LogP contribution in [0.5, 0.6) is 5.75 Å². The molecule has 0 atom stereocenters. The molecule has 1 rings (SSSR count). The van der Waals surface area contributed by atoms with Crippen molar-refractivity contribution in [2.24, 2.45) is 5.73 Å². The molecule has 0 aliphatic carbocycles. The molecule has 0 spiro atoms. The summed E-state index contributed by atoms with van der Waals surface area (Å²) in [6, 6.07) is 2.39. The standard InChI is InChI=1S/C17H24FN3O4/c1-17(2,3)25-16(23)21-8-6-5-7-20-13-10-12(18)11(15(19)22)9-14(13)24-4/h5-6,9-10,20H,7-8H2,1-4H3,(H2,19,22)(H,21,23)/b6-5+. The van der Waals surface area contributed by atoms with Crippen molar-refractivity contribution in [1.82, 2.24) is 5.32 Å². The number of nitrogens with two attached hydrogens (primary N) is 1. The fourth-order valence-electron chi connectivity index (χ4n) is 1.84. The molecule has 0 bridgehead atoms. The summed E-state index contributed by atoms with van der Waals surface area (Å²) in [5.41, 5.74) is 4.69. The third-order valence-electron chi connectivity index (χ3n) is 2.89. The summed E-state index contributed by atoms with van der Waals surface area (Å²) in [7, 11) is 1.41. The quantitative estimate of drug-likeness (QED) is 0.653. The lowest BCUT2D eigenvalue weighted by atomic mass is 10.1. The van der Waals surface area contributed by atoms with Crippen LogP contribution in [0.4, 0.5) is 14.9 Å². The Morgan fingerprint density at radius 1 is 1.24 bits per heavy atom. The minimum absolute atomic E-state index is 0.237. The van der Waals surface area contributed by atoms with Crippen molar-refractivity contribution in [3.8, 4) is 5.75 Å². The van der Waals surface area contributed by atoms with E-state index in [1.165, 1.54) is 13.2 Å². The van der Waals surface area contributed by atoms with E-state index in [1.54, 1.807) is 32.9 Å². The highest BCUT2D eigenvalue weighted by molar-refractivity contribution is 5.94. The van der Waals surface area contributed by atoms with Crippen LogP contribution >= 0.6 is 0 Å². The first-order valence-electron chi connectivity index (χ1n) is 7.67. The molecular weight excluding hydrogens is 329 g/mol. The zero-order valence-corrected chi connectivity index (χ0v) is 14.8. The average Bonchev–Trinajstić information content (AvgIpc) is 2.48. The number of primary amides is 1. The molecule has 0 saturated heterocycles. The first-order valence-corrected chi connectivity index (χ1v) is 7.67. The number of ether oxygens (including phenoxy) is 2. The maximum atomic E-state index is 13.8. The van der Waals surface area contributed by atoms with Gasteiger partial charge in [-0.1, -0.05) is 12.2 Å². The van der Waals surface area contributed by atoms with Crippen LogP contribution in [0.1, 0.15) is 31.1 Å². The largest absolute Gasteiger partial charge is 0.495 e. The van der Waals surface area contributed by atoms with Crippen LogP contribution in [0, 0.1) is 5.82 Å². The molecule has 25 heavy (non-hydrogen) atoms. The molecule has 7 nitrogen and oxygen atoms in total. The molecule has 1 aromatic carbocycles. The van der Waals surface area contributed by atoms with Crippen molar-refractivity contribution < 1.29 is 23.5 Å². The Morgan fingerprint density at radius 3 is 2.44 bits per heavy atom. The Bertz CT molecular complexity index is 654. The second-order valence-corrected chi connectivity index (χ2v) is 6.13. The van der Waals surface area contributed by atoms with E-state index in [2.05, 4.69) is 10.6 Å². The lowest BCUT2D eigenvalue weighted by Gasteiger charge is -2.19. The van der Waals surface area contributed by atoms with Crippen LogP contribution < -0.4 is 21.1 Å². The van der Waals surface area contributed by atoms with Crippen LogP contribution in [-0.4, -0.2) is 37.8 Å². The predicted molar refractivity (Wildman–Crippen MR) is 93.3 cm³/mol. The number of alkyl carbamates (subject to hydrolysis) is 1. The number of hydrogen-bond donors (Lipinski definition) is 3. The second kappa shape index (κ2) is 8.91. The maximum absolute atomic E-state index is 13.8. The van der Waals surface area contributed by atoms with E-state index < -0.39 is 23.4 Å². The normalized spacial score (nSPS) is 11.2. The summed E-state index contributed by atoms with van der Waals surface area (Å²) in [5.74, 6) is -1.29. The number of amides is 2. The number of hydrogen-bond acceptors (Lipinski definition) is 5. The predicted octanol–water partition coefficient (Wildman–Crippen LogP) is 2.43. The van der Waals surface area contributed by atoms with Gasteiger partial charge in [-0.15, -0.1) is 0 Å². The van der Waals surface area contributed by atoms with E-state index in [9.17, 15) is 14.0 Å². The fourth-order valence-corrected chi connectivity index (χ4v) is 1.84. The minimum atomic E-state index is -0.865. The number of benzene rings is 1. The summed E-state index contributed by atoms with van der Waals surface area (Å²) in [4.78, 5) is 22.6. The third-order valence-corrected chi connectivity index (χ3v) is 2.89. The molecule has 0 radical (unpaired) electrons. The molecule has 1 aromatic rings. The van der Waals surface area contributed by atoms with Crippen LogP contribution in [0.2, 0.25) is 0 Å². The lowest BCUT2D eigenvalue weighted by molar-refractivity contribution is 0.0534. The molecule has 138 valence electrons. The minimum Gasteiger partial charge on any atom is -0.495 e. The van der Waals surface area contributed by atoms with Gasteiger partial charge in [-0.3, -0.25) is 4.79 Å². The van der Waals surface area contributed by atoms with Crippen molar-refractivity contribution in [1.29, 1.82) is 0 Å². The molecule has 0 saturated carbocycles. The Morgan fingerprint density at radius 2 is 1.88 bits per heavy atom. The zero-order chi connectivity index (χ0) is 19.0. The van der Waals surface area contributed by atoms with Gasteiger partial charge in [-0.25, -0.2) is 9.18 Å². The molecule has 0 aliphatic heterocycles. The molecule has 2 amide bonds. The Hall–Kier alpha value is -2.77. The molecule has 8 heteroatoms. The van der Waals surface area contributed by atoms with Gasteiger partial charge in [0.25, 0.3) is 5.91 Å². The first kappa shape index (κ1) is 20.3. The highest BCUT2D eigenvalue weighted by Gasteiger charge is 2.15. The van der Waals surface area contributed by atoms with Gasteiger partial charge in [0.2, 0.25) is 0 Å². The highest BCUT2D eigenvalue weighted by atomic mass is 19.1. The number of carbonyl (C=O) groups excluding carboxylic acids is 2. The van der Waals surface area contributed by atoms with Crippen LogP contribution in [0.25, 0.3) is 0 Å². The van der Waals surface area contributed by atoms with Crippen LogP contribution in [0.15, 0.2) is 24.3 Å². The van der Waals surface area contributed by atoms with E-state index in [1.807, 2.05) is 0 Å². The summed E-state index contributed by atoms with van der Waals surface area (Å²) in [5, 5.41) is 5.53. The van der Waals surface area contributed by atoms with E-state index in [0.29, 0.717) is 24.5 Å². The molecule has 0 aromatic heterocycles. The smallest absolute Gasteiger partial charge is 0.407 e. The highest BCUT2D eigenvalue weighted by Crippen LogP contribution is 2.27. The van der Waals surface area contributed by atoms with Gasteiger partial charge >= 0.3 is 6.09 Å². The Kier molecular flexibility index (Phi) is 7.22. The van der Waals surface area contributed by atoms with Gasteiger partial charge in [0, 0.05) is 19.2 Å². The summed E-state index contributed by atoms with van der Waals surface area (Å²) < 4.78 is 24.0. The molecule has 0 fully saturated rings. The SMILES string of the molecule is COc1cc(C(N)=O)c(F)cc1NC/C=C/CNC(=O)OC(C)(C)C. The van der Waals surface area contributed by atoms with Crippen molar-refractivity contribution in [2.45, 2.75) is 26.4 Å². The summed E-state index contributed by atoms with van der Waals surface area (Å²) in [6.45, 7) is 6.00. The average molecular weight is 353 g/mol. The second-order valence-electron chi connectivity index (χ2n) is 6.13. The molecule has 4 N–H and O–H groups in total. The topological polar surface area (TPSA) is 103 Å². The fraction of sp³-hybridized carbons (Fsp3) is 0.412. The van der Waals surface area contributed by atoms with Gasteiger partial charge < -0.3 is 25.8 Å². The Balaban J connectivity index is 2.52. The Labute approximate surface area is 146 Å². The van der Waals surface area contributed by atoms with E-state index in [4.69, 9.17) is 15.2 Å². The molecule has 0 heterocycles. The van der Waals surface area contributed by atoms with Crippen molar-refractivity contribution in [3.05, 3.63) is 35.7 Å². The van der Waals surface area contributed by atoms with Crippen molar-refractivity contribution in [3.63, 3.8) is 0 Å². The van der Waals surface area contributed by atoms with Gasteiger partial charge in [-0.2, -0.15) is 0 Å². The van der Waals surface area contributed by atoms with Gasteiger partial charge in [0.15, 0.2) is 0 Å². The number of nitrogens with one attached hydrogen (secondary N) is 2. The number of methoxy groups -OCH3 is 1. The van der Waals surface area contributed by atoms with Crippen LogP contribution in [0.3, 0.4) is 0 Å². The maximum Gasteiger partial charge on any atom is 0.407 e. The van der Waals surface area contributed by atoms with Gasteiger partial charge in [-0.05, 0) is 26.8 Å². The van der Waals surface area contributed by atoms with E-state index in [0.717, 1.165) is 6.07 Å².